The molecule has 0 bridgehead atoms. The van der Waals surface area contributed by atoms with Gasteiger partial charge in [-0.3, -0.25) is 14.5 Å². The summed E-state index contributed by atoms with van der Waals surface area (Å²) in [6, 6.07) is 8.25. The van der Waals surface area contributed by atoms with Gasteiger partial charge < -0.3 is 5.32 Å². The van der Waals surface area contributed by atoms with Crippen LogP contribution < -0.4 is 5.32 Å². The Bertz CT molecular complexity index is 535. The molecular weight excluding hydrogens is 312 g/mol. The Balaban J connectivity index is 2.34. The van der Waals surface area contributed by atoms with E-state index in [2.05, 4.69) is 44.8 Å². The lowest BCUT2D eigenvalue weighted by Gasteiger charge is -2.24. The van der Waals surface area contributed by atoms with Gasteiger partial charge in [0.05, 0.1) is 0 Å². The molecule has 140 valence electrons. The van der Waals surface area contributed by atoms with Crippen molar-refractivity contribution >= 4 is 11.7 Å². The zero-order chi connectivity index (χ0) is 18.8. The number of carbonyl (C=O) groups is 2. The topological polar surface area (TPSA) is 49.4 Å². The molecule has 0 aromatic heterocycles. The Morgan fingerprint density at radius 1 is 1.04 bits per heavy atom. The first-order valence-corrected chi connectivity index (χ1v) is 9.46. The summed E-state index contributed by atoms with van der Waals surface area (Å²) in [5.41, 5.74) is 1.94. The first-order valence-electron chi connectivity index (χ1n) is 9.46. The monoisotopic (exact) mass is 346 g/mol. The molecule has 0 radical (unpaired) electrons. The van der Waals surface area contributed by atoms with Gasteiger partial charge in [0.25, 0.3) is 0 Å². The fourth-order valence-electron chi connectivity index (χ4n) is 2.88. The average Bonchev–Trinajstić information content (AvgIpc) is 2.56. The predicted molar refractivity (Wildman–Crippen MR) is 104 cm³/mol. The number of hydrogen-bond acceptors (Lipinski definition) is 3. The summed E-state index contributed by atoms with van der Waals surface area (Å²) in [6.07, 6.45) is 1.53. The van der Waals surface area contributed by atoms with E-state index < -0.39 is 0 Å². The highest BCUT2D eigenvalue weighted by Crippen LogP contribution is 2.12. The quantitative estimate of drug-likeness (QED) is 0.622. The van der Waals surface area contributed by atoms with Crippen molar-refractivity contribution in [3.05, 3.63) is 35.4 Å². The Morgan fingerprint density at radius 2 is 1.68 bits per heavy atom. The summed E-state index contributed by atoms with van der Waals surface area (Å²) in [4.78, 5) is 26.4. The molecule has 1 aromatic rings. The lowest BCUT2D eigenvalue weighted by molar-refractivity contribution is -0.121. The van der Waals surface area contributed by atoms with Gasteiger partial charge in [0.15, 0.2) is 5.78 Å². The van der Waals surface area contributed by atoms with E-state index >= 15 is 0 Å². The van der Waals surface area contributed by atoms with E-state index in [9.17, 15) is 9.59 Å². The molecular formula is C21H34N2O2. The highest BCUT2D eigenvalue weighted by molar-refractivity contribution is 5.97. The second kappa shape index (κ2) is 11.0. The van der Waals surface area contributed by atoms with Crippen molar-refractivity contribution in [2.45, 2.75) is 59.9 Å². The van der Waals surface area contributed by atoms with Gasteiger partial charge in [-0.2, -0.15) is 0 Å². The number of carbonyl (C=O) groups excluding carboxylic acids is 2. The molecule has 0 fully saturated rings. The van der Waals surface area contributed by atoms with E-state index in [4.69, 9.17) is 0 Å². The van der Waals surface area contributed by atoms with Crippen molar-refractivity contribution < 1.29 is 9.59 Å². The number of likely N-dealkylation sites (N-methyl/N-ethyl adjacent to an activating group) is 1. The van der Waals surface area contributed by atoms with Crippen LogP contribution in [0.15, 0.2) is 24.3 Å². The van der Waals surface area contributed by atoms with Gasteiger partial charge in [-0.25, -0.2) is 0 Å². The van der Waals surface area contributed by atoms with E-state index in [1.165, 1.54) is 5.56 Å². The van der Waals surface area contributed by atoms with E-state index in [1.807, 2.05) is 24.3 Å². The van der Waals surface area contributed by atoms with E-state index in [0.717, 1.165) is 19.5 Å². The van der Waals surface area contributed by atoms with Crippen molar-refractivity contribution in [2.24, 2.45) is 5.92 Å². The average molecular weight is 347 g/mol. The molecule has 4 nitrogen and oxygen atoms in total. The largest absolute Gasteiger partial charge is 0.355 e. The fraction of sp³-hybridized carbons (Fsp3) is 0.619. The highest BCUT2D eigenvalue weighted by atomic mass is 16.2. The number of Topliss-reactive ketones (excluding diaryl/α,β-unsaturated/α-hetero) is 1. The zero-order valence-corrected chi connectivity index (χ0v) is 16.5. The Kier molecular flexibility index (Phi) is 9.43. The minimum Gasteiger partial charge on any atom is -0.355 e. The van der Waals surface area contributed by atoms with Crippen molar-refractivity contribution in [2.75, 3.05) is 19.6 Å². The number of benzene rings is 1. The van der Waals surface area contributed by atoms with Gasteiger partial charge in [0.1, 0.15) is 0 Å². The number of amides is 1. The number of ketones is 1. The van der Waals surface area contributed by atoms with Crippen LogP contribution in [0.4, 0.5) is 0 Å². The summed E-state index contributed by atoms with van der Waals surface area (Å²) in [6.45, 7) is 13.2. The van der Waals surface area contributed by atoms with Crippen LogP contribution in [0.2, 0.25) is 0 Å². The third kappa shape index (κ3) is 8.30. The van der Waals surface area contributed by atoms with Gasteiger partial charge in [-0.1, -0.05) is 45.0 Å². The predicted octanol–water partition coefficient (Wildman–Crippen LogP) is 3.69. The molecule has 0 aliphatic rings. The van der Waals surface area contributed by atoms with E-state index in [1.54, 1.807) is 0 Å². The SMILES string of the molecule is CCN(CCNC(=O)CCC(=O)c1ccc(CC(C)C)cc1)C(C)C. The minimum atomic E-state index is -0.0513. The number of hydrogen-bond donors (Lipinski definition) is 1. The Labute approximate surface area is 153 Å². The van der Waals surface area contributed by atoms with Crippen LogP contribution in [-0.4, -0.2) is 42.3 Å². The first kappa shape index (κ1) is 21.4. The van der Waals surface area contributed by atoms with Crippen molar-refractivity contribution in [1.29, 1.82) is 0 Å². The molecule has 0 aliphatic carbocycles. The van der Waals surface area contributed by atoms with Gasteiger partial charge >= 0.3 is 0 Å². The van der Waals surface area contributed by atoms with Crippen LogP contribution >= 0.6 is 0 Å². The number of nitrogens with one attached hydrogen (secondary N) is 1. The van der Waals surface area contributed by atoms with E-state index in [0.29, 0.717) is 24.1 Å². The molecule has 1 rings (SSSR count). The molecule has 0 unspecified atom stereocenters. The summed E-state index contributed by atoms with van der Waals surface area (Å²) in [5, 5.41) is 2.91. The standard InChI is InChI=1S/C21H34N2O2/c1-6-23(17(4)5)14-13-22-21(25)12-11-20(24)19-9-7-18(8-10-19)15-16(2)3/h7-10,16-17H,6,11-15H2,1-5H3,(H,22,25). The van der Waals surface area contributed by atoms with E-state index in [-0.39, 0.29) is 24.5 Å². The third-order valence-corrected chi connectivity index (χ3v) is 4.36. The molecule has 0 heterocycles. The lowest BCUT2D eigenvalue weighted by atomic mass is 9.99. The van der Waals surface area contributed by atoms with Crippen LogP contribution in [0.5, 0.6) is 0 Å². The molecule has 0 spiro atoms. The van der Waals surface area contributed by atoms with Crippen LogP contribution in [0.25, 0.3) is 0 Å². The Morgan fingerprint density at radius 3 is 2.20 bits per heavy atom. The second-order valence-electron chi connectivity index (χ2n) is 7.29. The zero-order valence-electron chi connectivity index (χ0n) is 16.5. The van der Waals surface area contributed by atoms with Crippen LogP contribution in [0.1, 0.15) is 63.4 Å². The van der Waals surface area contributed by atoms with Gasteiger partial charge in [0, 0.05) is 37.5 Å². The van der Waals surface area contributed by atoms with Crippen molar-refractivity contribution in [3.63, 3.8) is 0 Å². The van der Waals surface area contributed by atoms with Gasteiger partial charge in [-0.05, 0) is 38.3 Å². The van der Waals surface area contributed by atoms with Crippen LogP contribution in [-0.2, 0) is 11.2 Å². The summed E-state index contributed by atoms with van der Waals surface area (Å²) in [7, 11) is 0. The minimum absolute atomic E-state index is 0.0311. The molecule has 25 heavy (non-hydrogen) atoms. The van der Waals surface area contributed by atoms with Gasteiger partial charge in [0.2, 0.25) is 5.91 Å². The normalized spacial score (nSPS) is 11.4. The number of rotatable bonds is 11. The third-order valence-electron chi connectivity index (χ3n) is 4.36. The maximum absolute atomic E-state index is 12.2. The summed E-state index contributed by atoms with van der Waals surface area (Å²) < 4.78 is 0. The van der Waals surface area contributed by atoms with Crippen LogP contribution in [0.3, 0.4) is 0 Å². The molecule has 1 aromatic carbocycles. The Hall–Kier alpha value is -1.68. The molecule has 1 amide bonds. The van der Waals surface area contributed by atoms with Crippen molar-refractivity contribution in [3.8, 4) is 0 Å². The number of nitrogens with zero attached hydrogens (tertiary/aromatic N) is 1. The maximum Gasteiger partial charge on any atom is 0.220 e. The maximum atomic E-state index is 12.2. The smallest absolute Gasteiger partial charge is 0.220 e. The molecule has 4 heteroatoms. The molecule has 0 atom stereocenters. The van der Waals surface area contributed by atoms with Crippen LogP contribution in [0, 0.1) is 5.92 Å². The second-order valence-corrected chi connectivity index (χ2v) is 7.29. The molecule has 0 saturated carbocycles. The molecule has 1 N–H and O–H groups in total. The molecule has 0 aliphatic heterocycles. The van der Waals surface area contributed by atoms with Gasteiger partial charge in [-0.15, -0.1) is 0 Å². The summed E-state index contributed by atoms with van der Waals surface area (Å²) >= 11 is 0. The first-order chi connectivity index (χ1) is 11.8. The lowest BCUT2D eigenvalue weighted by Crippen LogP contribution is -2.38. The highest BCUT2D eigenvalue weighted by Gasteiger charge is 2.11. The van der Waals surface area contributed by atoms with Crippen molar-refractivity contribution in [1.82, 2.24) is 10.2 Å². The fourth-order valence-corrected chi connectivity index (χ4v) is 2.88. The summed E-state index contributed by atoms with van der Waals surface area (Å²) in [5.74, 6) is 0.581. The molecule has 0 saturated heterocycles.